The standard InChI is InChI=1S/C19H17N3OS/c1-2-11-22-18(23)16-5-3-4-6-17(16)21-19(22)24-13-15-9-7-14(12-20)8-10-15/h3-10H,2,11,13H2,1H3. The van der Waals surface area contributed by atoms with Crippen molar-refractivity contribution in [3.8, 4) is 6.07 Å². The number of benzene rings is 2. The summed E-state index contributed by atoms with van der Waals surface area (Å²) in [7, 11) is 0. The molecule has 1 heterocycles. The zero-order valence-corrected chi connectivity index (χ0v) is 14.2. The van der Waals surface area contributed by atoms with Crippen LogP contribution >= 0.6 is 11.8 Å². The van der Waals surface area contributed by atoms with Crippen molar-refractivity contribution in [2.45, 2.75) is 30.8 Å². The maximum Gasteiger partial charge on any atom is 0.262 e. The number of nitrogens with zero attached hydrogens (tertiary/aromatic N) is 3. The van der Waals surface area contributed by atoms with Gasteiger partial charge in [-0.1, -0.05) is 43.0 Å². The lowest BCUT2D eigenvalue weighted by Crippen LogP contribution is -2.23. The van der Waals surface area contributed by atoms with Crippen LogP contribution in [0.4, 0.5) is 0 Å². The van der Waals surface area contributed by atoms with Crippen LogP contribution in [0.15, 0.2) is 58.5 Å². The molecule has 0 unspecified atom stereocenters. The molecule has 120 valence electrons. The van der Waals surface area contributed by atoms with Gasteiger partial charge in [0, 0.05) is 12.3 Å². The van der Waals surface area contributed by atoms with E-state index < -0.39 is 0 Å². The minimum Gasteiger partial charge on any atom is -0.287 e. The lowest BCUT2D eigenvalue weighted by molar-refractivity contribution is 0.585. The van der Waals surface area contributed by atoms with E-state index in [1.54, 1.807) is 16.3 Å². The van der Waals surface area contributed by atoms with Gasteiger partial charge in [-0.25, -0.2) is 4.98 Å². The van der Waals surface area contributed by atoms with E-state index in [9.17, 15) is 4.79 Å². The van der Waals surface area contributed by atoms with Crippen molar-refractivity contribution in [2.75, 3.05) is 0 Å². The molecule has 0 N–H and O–H groups in total. The Kier molecular flexibility index (Phi) is 4.97. The van der Waals surface area contributed by atoms with Crippen LogP contribution in [0.5, 0.6) is 0 Å². The van der Waals surface area contributed by atoms with E-state index in [1.165, 1.54) is 0 Å². The molecule has 1 aromatic heterocycles. The first-order valence-corrected chi connectivity index (χ1v) is 8.83. The number of hydrogen-bond donors (Lipinski definition) is 0. The Morgan fingerprint density at radius 2 is 1.92 bits per heavy atom. The van der Waals surface area contributed by atoms with Crippen LogP contribution in [0, 0.1) is 11.3 Å². The first-order chi connectivity index (χ1) is 11.7. The molecule has 0 bridgehead atoms. The van der Waals surface area contributed by atoms with Crippen molar-refractivity contribution in [1.82, 2.24) is 9.55 Å². The molecule has 0 radical (unpaired) electrons. The van der Waals surface area contributed by atoms with Gasteiger partial charge in [0.15, 0.2) is 5.16 Å². The fourth-order valence-corrected chi connectivity index (χ4v) is 3.48. The summed E-state index contributed by atoms with van der Waals surface area (Å²) in [6, 6.07) is 17.1. The van der Waals surface area contributed by atoms with Crippen LogP contribution in [-0.2, 0) is 12.3 Å². The quantitative estimate of drug-likeness (QED) is 0.523. The molecule has 0 saturated heterocycles. The van der Waals surface area contributed by atoms with E-state index in [2.05, 4.69) is 18.0 Å². The van der Waals surface area contributed by atoms with Crippen LogP contribution in [0.25, 0.3) is 10.9 Å². The van der Waals surface area contributed by atoms with Gasteiger partial charge in [-0.05, 0) is 36.2 Å². The van der Waals surface area contributed by atoms with Gasteiger partial charge in [-0.15, -0.1) is 0 Å². The molecule has 0 aliphatic rings. The topological polar surface area (TPSA) is 58.7 Å². The van der Waals surface area contributed by atoms with Crippen LogP contribution < -0.4 is 5.56 Å². The monoisotopic (exact) mass is 335 g/mol. The van der Waals surface area contributed by atoms with Crippen LogP contribution in [0.1, 0.15) is 24.5 Å². The fourth-order valence-electron chi connectivity index (χ4n) is 2.50. The Bertz CT molecular complexity index is 955. The smallest absolute Gasteiger partial charge is 0.262 e. The number of thioether (sulfide) groups is 1. The highest BCUT2D eigenvalue weighted by molar-refractivity contribution is 7.98. The van der Waals surface area contributed by atoms with Crippen molar-refractivity contribution in [3.05, 3.63) is 70.0 Å². The second-order valence-corrected chi connectivity index (χ2v) is 6.41. The lowest BCUT2D eigenvalue weighted by Gasteiger charge is -2.12. The lowest BCUT2D eigenvalue weighted by atomic mass is 10.2. The van der Waals surface area contributed by atoms with Crippen molar-refractivity contribution in [1.29, 1.82) is 5.26 Å². The van der Waals surface area contributed by atoms with Gasteiger partial charge < -0.3 is 0 Å². The minimum absolute atomic E-state index is 0.0183. The van der Waals surface area contributed by atoms with E-state index >= 15 is 0 Å². The van der Waals surface area contributed by atoms with Crippen molar-refractivity contribution in [2.24, 2.45) is 0 Å². The van der Waals surface area contributed by atoms with Gasteiger partial charge in [-0.3, -0.25) is 9.36 Å². The third kappa shape index (κ3) is 3.34. The normalized spacial score (nSPS) is 10.7. The molecular formula is C19H17N3OS. The van der Waals surface area contributed by atoms with Gasteiger partial charge in [-0.2, -0.15) is 5.26 Å². The molecule has 0 amide bonds. The van der Waals surface area contributed by atoms with Gasteiger partial charge in [0.25, 0.3) is 5.56 Å². The number of para-hydroxylation sites is 1. The summed E-state index contributed by atoms with van der Waals surface area (Å²) in [5.41, 5.74) is 2.50. The molecule has 0 fully saturated rings. The van der Waals surface area contributed by atoms with Crippen LogP contribution in [-0.4, -0.2) is 9.55 Å². The summed E-state index contributed by atoms with van der Waals surface area (Å²) in [5, 5.41) is 10.3. The first kappa shape index (κ1) is 16.3. The number of rotatable bonds is 5. The molecule has 2 aromatic carbocycles. The summed E-state index contributed by atoms with van der Waals surface area (Å²) in [4.78, 5) is 17.4. The predicted molar refractivity (Wildman–Crippen MR) is 97.0 cm³/mol. The van der Waals surface area contributed by atoms with Gasteiger partial charge in [0.05, 0.1) is 22.5 Å². The maximum absolute atomic E-state index is 12.7. The van der Waals surface area contributed by atoms with Gasteiger partial charge in [0.1, 0.15) is 0 Å². The largest absolute Gasteiger partial charge is 0.287 e. The average molecular weight is 335 g/mol. The number of aromatic nitrogens is 2. The molecule has 0 atom stereocenters. The first-order valence-electron chi connectivity index (χ1n) is 7.84. The zero-order chi connectivity index (χ0) is 16.9. The molecule has 5 heteroatoms. The minimum atomic E-state index is 0.0183. The van der Waals surface area contributed by atoms with Gasteiger partial charge in [0.2, 0.25) is 0 Å². The third-order valence-electron chi connectivity index (χ3n) is 3.72. The summed E-state index contributed by atoms with van der Waals surface area (Å²) >= 11 is 1.55. The predicted octanol–water partition coefficient (Wildman–Crippen LogP) is 3.97. The second-order valence-electron chi connectivity index (χ2n) is 5.47. The highest BCUT2D eigenvalue weighted by Crippen LogP contribution is 2.22. The summed E-state index contributed by atoms with van der Waals surface area (Å²) in [6.07, 6.45) is 0.879. The molecule has 24 heavy (non-hydrogen) atoms. The van der Waals surface area contributed by atoms with Crippen molar-refractivity contribution >= 4 is 22.7 Å². The Morgan fingerprint density at radius 3 is 2.62 bits per heavy atom. The SMILES string of the molecule is CCCn1c(SCc2ccc(C#N)cc2)nc2ccccc2c1=O. The highest BCUT2D eigenvalue weighted by atomic mass is 32.2. The van der Waals surface area contributed by atoms with E-state index in [0.29, 0.717) is 23.2 Å². The molecule has 0 spiro atoms. The summed E-state index contributed by atoms with van der Waals surface area (Å²) < 4.78 is 1.76. The molecular weight excluding hydrogens is 318 g/mol. The Hall–Kier alpha value is -2.58. The fraction of sp³-hybridized carbons (Fsp3) is 0.211. The molecule has 0 aliphatic carbocycles. The number of fused-ring (bicyclic) bond motifs is 1. The third-order valence-corrected chi connectivity index (χ3v) is 4.77. The van der Waals surface area contributed by atoms with E-state index in [4.69, 9.17) is 5.26 Å². The Labute approximate surface area is 144 Å². The van der Waals surface area contributed by atoms with Crippen LogP contribution in [0.2, 0.25) is 0 Å². The van der Waals surface area contributed by atoms with Crippen molar-refractivity contribution < 1.29 is 0 Å². The number of nitriles is 1. The molecule has 3 aromatic rings. The van der Waals surface area contributed by atoms with Crippen LogP contribution in [0.3, 0.4) is 0 Å². The second kappa shape index (κ2) is 7.33. The molecule has 0 saturated carbocycles. The Morgan fingerprint density at radius 1 is 1.17 bits per heavy atom. The van der Waals surface area contributed by atoms with Gasteiger partial charge >= 0.3 is 0 Å². The highest BCUT2D eigenvalue weighted by Gasteiger charge is 2.11. The average Bonchev–Trinajstić information content (AvgIpc) is 2.63. The molecule has 0 aliphatic heterocycles. The summed E-state index contributed by atoms with van der Waals surface area (Å²) in [5.74, 6) is 0.709. The zero-order valence-electron chi connectivity index (χ0n) is 13.4. The Balaban J connectivity index is 1.93. The summed E-state index contributed by atoms with van der Waals surface area (Å²) in [6.45, 7) is 2.71. The number of hydrogen-bond acceptors (Lipinski definition) is 4. The molecule has 4 nitrogen and oxygen atoms in total. The van der Waals surface area contributed by atoms with E-state index in [0.717, 1.165) is 22.7 Å². The maximum atomic E-state index is 12.7. The molecule has 3 rings (SSSR count). The van der Waals surface area contributed by atoms with E-state index in [-0.39, 0.29) is 5.56 Å². The van der Waals surface area contributed by atoms with E-state index in [1.807, 2.05) is 48.5 Å². The van der Waals surface area contributed by atoms with Crippen molar-refractivity contribution in [3.63, 3.8) is 0 Å².